The van der Waals surface area contributed by atoms with E-state index in [1.54, 1.807) is 0 Å². The predicted molar refractivity (Wildman–Crippen MR) is 95.7 cm³/mol. The van der Waals surface area contributed by atoms with Gasteiger partial charge in [0.1, 0.15) is 0 Å². The van der Waals surface area contributed by atoms with Gasteiger partial charge in [-0.15, -0.1) is 0 Å². The molecule has 1 amide bonds. The van der Waals surface area contributed by atoms with Crippen molar-refractivity contribution in [2.24, 2.45) is 5.92 Å². The Morgan fingerprint density at radius 3 is 2.88 bits per heavy atom. The smallest absolute Gasteiger partial charge is 0.292 e. The molecule has 2 saturated carbocycles. The summed E-state index contributed by atoms with van der Waals surface area (Å²) in [6.07, 6.45) is 9.70. The second-order valence-electron chi connectivity index (χ2n) is 8.07. The molecular weight excluding hydrogens is 332 g/mol. The van der Waals surface area contributed by atoms with Gasteiger partial charge in [-0.1, -0.05) is 24.9 Å². The van der Waals surface area contributed by atoms with Crippen molar-refractivity contribution in [1.29, 1.82) is 0 Å². The minimum atomic E-state index is -0.221. The molecule has 2 aliphatic carbocycles. The molecule has 144 valence electrons. The van der Waals surface area contributed by atoms with Crippen LogP contribution in [0.15, 0.2) is 4.52 Å². The van der Waals surface area contributed by atoms with Crippen molar-refractivity contribution in [3.8, 4) is 0 Å². The fourth-order valence-corrected chi connectivity index (χ4v) is 4.17. The van der Waals surface area contributed by atoms with Crippen LogP contribution in [0.5, 0.6) is 0 Å². The first kappa shape index (κ1) is 17.9. The zero-order chi connectivity index (χ0) is 17.9. The highest BCUT2D eigenvalue weighted by Gasteiger charge is 2.32. The number of carbonyl (C=O) groups excluding carboxylic acids is 1. The number of aromatic nitrogens is 2. The Morgan fingerprint density at radius 1 is 1.23 bits per heavy atom. The van der Waals surface area contributed by atoms with Crippen molar-refractivity contribution < 1.29 is 14.1 Å². The van der Waals surface area contributed by atoms with Gasteiger partial charge in [-0.3, -0.25) is 9.69 Å². The van der Waals surface area contributed by atoms with Gasteiger partial charge < -0.3 is 14.6 Å². The Kier molecular flexibility index (Phi) is 5.55. The van der Waals surface area contributed by atoms with E-state index in [-0.39, 0.29) is 17.8 Å². The summed E-state index contributed by atoms with van der Waals surface area (Å²) in [4.78, 5) is 18.8. The van der Waals surface area contributed by atoms with E-state index in [0.717, 1.165) is 45.4 Å². The summed E-state index contributed by atoms with van der Waals surface area (Å²) in [6.45, 7) is 4.93. The summed E-state index contributed by atoms with van der Waals surface area (Å²) < 4.78 is 11.6. The Balaban J connectivity index is 1.29. The van der Waals surface area contributed by atoms with Gasteiger partial charge in [0.15, 0.2) is 0 Å². The summed E-state index contributed by atoms with van der Waals surface area (Å²) in [6, 6.07) is 0.407. The molecule has 0 spiro atoms. The predicted octanol–water partition coefficient (Wildman–Crippen LogP) is 2.69. The zero-order valence-electron chi connectivity index (χ0n) is 15.7. The maximum absolute atomic E-state index is 12.1. The lowest BCUT2D eigenvalue weighted by Crippen LogP contribution is -2.32. The van der Waals surface area contributed by atoms with Crippen molar-refractivity contribution >= 4 is 5.91 Å². The summed E-state index contributed by atoms with van der Waals surface area (Å²) in [7, 11) is 0. The number of hydrogen-bond acceptors (Lipinski definition) is 6. The molecule has 0 bridgehead atoms. The molecular formula is C19H30N4O3. The summed E-state index contributed by atoms with van der Waals surface area (Å²) in [5.41, 5.74) is 0. The highest BCUT2D eigenvalue weighted by atomic mass is 16.5. The number of likely N-dealkylation sites (tertiary alicyclic amines) is 1. The van der Waals surface area contributed by atoms with E-state index in [1.165, 1.54) is 25.7 Å². The zero-order valence-corrected chi connectivity index (χ0v) is 15.7. The van der Waals surface area contributed by atoms with Crippen LogP contribution in [0.1, 0.15) is 80.8 Å². The quantitative estimate of drug-likeness (QED) is 0.803. The Bertz CT molecular complexity index is 616. The van der Waals surface area contributed by atoms with E-state index in [4.69, 9.17) is 9.26 Å². The molecule has 3 aliphatic rings. The first-order valence-corrected chi connectivity index (χ1v) is 10.2. The lowest BCUT2D eigenvalue weighted by Gasteiger charge is -2.30. The Labute approximate surface area is 154 Å². The molecule has 1 N–H and O–H groups in total. The number of ether oxygens (including phenoxy) is 1. The van der Waals surface area contributed by atoms with Gasteiger partial charge >= 0.3 is 0 Å². The van der Waals surface area contributed by atoms with Crippen LogP contribution in [0.3, 0.4) is 0 Å². The van der Waals surface area contributed by atoms with Gasteiger partial charge in [0.2, 0.25) is 5.89 Å². The average Bonchev–Trinajstić information content (AvgIpc) is 3.12. The minimum Gasteiger partial charge on any atom is -0.377 e. The van der Waals surface area contributed by atoms with Crippen LogP contribution in [-0.4, -0.2) is 52.8 Å². The number of carbonyl (C=O) groups is 1. The van der Waals surface area contributed by atoms with Crippen LogP contribution in [-0.2, 0) is 4.74 Å². The summed E-state index contributed by atoms with van der Waals surface area (Å²) >= 11 is 0. The maximum Gasteiger partial charge on any atom is 0.292 e. The molecule has 1 aromatic heterocycles. The second-order valence-corrected chi connectivity index (χ2v) is 8.07. The first-order chi connectivity index (χ1) is 12.7. The van der Waals surface area contributed by atoms with Gasteiger partial charge in [-0.25, -0.2) is 0 Å². The summed E-state index contributed by atoms with van der Waals surface area (Å²) in [5, 5.41) is 6.79. The van der Waals surface area contributed by atoms with Gasteiger partial charge in [0.05, 0.1) is 18.8 Å². The molecule has 0 unspecified atom stereocenters. The van der Waals surface area contributed by atoms with Gasteiger partial charge in [-0.05, 0) is 51.0 Å². The van der Waals surface area contributed by atoms with Crippen LogP contribution in [0.4, 0.5) is 0 Å². The SMILES string of the molecule is C[C@@H]1CCCC[C@@H]1OCCN1CCC[C@@H]1c1nc(C(=O)NC2CC2)no1. The van der Waals surface area contributed by atoms with Gasteiger partial charge in [-0.2, -0.15) is 4.98 Å². The molecule has 1 saturated heterocycles. The van der Waals surface area contributed by atoms with Crippen molar-refractivity contribution in [3.05, 3.63) is 11.7 Å². The average molecular weight is 362 g/mol. The van der Waals surface area contributed by atoms with Gasteiger partial charge in [0.25, 0.3) is 11.7 Å². The third kappa shape index (κ3) is 4.26. The van der Waals surface area contributed by atoms with Crippen LogP contribution >= 0.6 is 0 Å². The molecule has 1 aliphatic heterocycles. The van der Waals surface area contributed by atoms with Crippen molar-refractivity contribution in [1.82, 2.24) is 20.4 Å². The van der Waals surface area contributed by atoms with E-state index >= 15 is 0 Å². The highest BCUT2D eigenvalue weighted by Crippen LogP contribution is 2.31. The fraction of sp³-hybridized carbons (Fsp3) is 0.842. The number of hydrogen-bond donors (Lipinski definition) is 1. The largest absolute Gasteiger partial charge is 0.377 e. The molecule has 7 heteroatoms. The maximum atomic E-state index is 12.1. The van der Waals surface area contributed by atoms with Crippen molar-refractivity contribution in [2.45, 2.75) is 76.5 Å². The third-order valence-corrected chi connectivity index (χ3v) is 5.95. The van der Waals surface area contributed by atoms with E-state index in [1.807, 2.05) is 0 Å². The van der Waals surface area contributed by atoms with Crippen LogP contribution in [0.25, 0.3) is 0 Å². The molecule has 3 fully saturated rings. The Hall–Kier alpha value is -1.47. The molecule has 3 atom stereocenters. The molecule has 1 aromatic rings. The number of rotatable bonds is 7. The van der Waals surface area contributed by atoms with Crippen molar-refractivity contribution in [2.75, 3.05) is 19.7 Å². The lowest BCUT2D eigenvalue weighted by atomic mass is 9.88. The van der Waals surface area contributed by atoms with E-state index in [0.29, 0.717) is 24.0 Å². The van der Waals surface area contributed by atoms with E-state index in [2.05, 4.69) is 27.3 Å². The van der Waals surface area contributed by atoms with Crippen LogP contribution in [0, 0.1) is 5.92 Å². The Morgan fingerprint density at radius 2 is 2.08 bits per heavy atom. The van der Waals surface area contributed by atoms with Crippen LogP contribution in [0.2, 0.25) is 0 Å². The number of nitrogens with zero attached hydrogens (tertiary/aromatic N) is 3. The lowest BCUT2D eigenvalue weighted by molar-refractivity contribution is -0.0159. The minimum absolute atomic E-state index is 0.109. The first-order valence-electron chi connectivity index (χ1n) is 10.2. The van der Waals surface area contributed by atoms with Crippen molar-refractivity contribution in [3.63, 3.8) is 0 Å². The molecule has 4 rings (SSSR count). The van der Waals surface area contributed by atoms with Gasteiger partial charge in [0, 0.05) is 12.6 Å². The second kappa shape index (κ2) is 8.05. The molecule has 7 nitrogen and oxygen atoms in total. The fourth-order valence-electron chi connectivity index (χ4n) is 4.17. The summed E-state index contributed by atoms with van der Waals surface area (Å²) in [5.74, 6) is 1.17. The third-order valence-electron chi connectivity index (χ3n) is 5.95. The standard InChI is InChI=1S/C19H30N4O3/c1-13-5-2-3-7-16(13)25-12-11-23-10-4-6-15(23)19-21-17(22-26-19)18(24)20-14-8-9-14/h13-16H,2-12H2,1H3,(H,20,24)/t13-,15-,16+/m1/s1. The molecule has 26 heavy (non-hydrogen) atoms. The van der Waals surface area contributed by atoms with E-state index < -0.39 is 0 Å². The number of amides is 1. The molecule has 0 radical (unpaired) electrons. The topological polar surface area (TPSA) is 80.5 Å². The monoisotopic (exact) mass is 362 g/mol. The normalized spacial score (nSPS) is 29.8. The molecule has 2 heterocycles. The highest BCUT2D eigenvalue weighted by molar-refractivity contribution is 5.90. The molecule has 0 aromatic carbocycles. The van der Waals surface area contributed by atoms with Crippen LogP contribution < -0.4 is 5.32 Å². The van der Waals surface area contributed by atoms with E-state index in [9.17, 15) is 4.79 Å². The number of nitrogens with one attached hydrogen (secondary N) is 1.